The van der Waals surface area contributed by atoms with Gasteiger partial charge in [0.2, 0.25) is 5.91 Å². The van der Waals surface area contributed by atoms with Gasteiger partial charge in [-0.1, -0.05) is 18.2 Å². The third-order valence-electron chi connectivity index (χ3n) is 2.81. The summed E-state index contributed by atoms with van der Waals surface area (Å²) in [6.07, 6.45) is 2.38. The molecule has 2 rings (SSSR count). The second-order valence-corrected chi connectivity index (χ2v) is 5.03. The summed E-state index contributed by atoms with van der Waals surface area (Å²) in [5, 5.41) is 2.43. The molecular weight excluding hydrogens is 300 g/mol. The molecule has 1 heterocycles. The Bertz CT molecular complexity index is 621. The van der Waals surface area contributed by atoms with Crippen molar-refractivity contribution < 1.29 is 38.2 Å². The molecule has 8 heteroatoms. The molecule has 7 nitrogen and oxygen atoms in total. The van der Waals surface area contributed by atoms with E-state index in [2.05, 4.69) is 29.7 Å². The van der Waals surface area contributed by atoms with Crippen LogP contribution >= 0.6 is 0 Å². The van der Waals surface area contributed by atoms with Crippen molar-refractivity contribution in [3.8, 4) is 0 Å². The zero-order chi connectivity index (χ0) is 16.0. The number of benzene rings is 1. The Hall–Kier alpha value is -1.77. The summed E-state index contributed by atoms with van der Waals surface area (Å²) in [7, 11) is -4.94. The van der Waals surface area contributed by atoms with E-state index in [0.717, 1.165) is 0 Å². The maximum absolute atomic E-state index is 10.8. The number of primary amides is 1. The predicted molar refractivity (Wildman–Crippen MR) is 62.7 cm³/mol. The van der Waals surface area contributed by atoms with E-state index >= 15 is 0 Å². The van der Waals surface area contributed by atoms with Crippen LogP contribution in [-0.4, -0.2) is 5.91 Å². The van der Waals surface area contributed by atoms with Crippen molar-refractivity contribution in [2.75, 3.05) is 0 Å². The van der Waals surface area contributed by atoms with Gasteiger partial charge in [-0.2, -0.15) is 0 Å². The summed E-state index contributed by atoms with van der Waals surface area (Å²) >= 11 is 0. The molecule has 0 saturated heterocycles. The Kier molecular flexibility index (Phi) is 6.01. The van der Waals surface area contributed by atoms with Crippen LogP contribution in [-0.2, 0) is 11.3 Å². The van der Waals surface area contributed by atoms with Crippen molar-refractivity contribution in [3.05, 3.63) is 42.2 Å². The zero-order valence-corrected chi connectivity index (χ0v) is 12.1. The zero-order valence-electron chi connectivity index (χ0n) is 11.3. The van der Waals surface area contributed by atoms with Gasteiger partial charge in [0.15, 0.2) is 18.4 Å². The molecule has 0 radical (unpaired) electrons. The van der Waals surface area contributed by atoms with Crippen molar-refractivity contribution in [2.45, 2.75) is 19.9 Å². The average Bonchev–Trinajstić information content (AvgIpc) is 2.36. The maximum atomic E-state index is 10.8. The third-order valence-corrected chi connectivity index (χ3v) is 2.81. The van der Waals surface area contributed by atoms with Gasteiger partial charge in [0.25, 0.3) is 0 Å². The Balaban J connectivity index is 0.000000383. The van der Waals surface area contributed by atoms with Crippen LogP contribution in [0.25, 0.3) is 10.8 Å². The predicted octanol–water partition coefficient (Wildman–Crippen LogP) is -3.44. The van der Waals surface area contributed by atoms with E-state index in [1.54, 1.807) is 0 Å². The average molecular weight is 315 g/mol. The van der Waals surface area contributed by atoms with E-state index in [1.165, 1.54) is 16.5 Å². The molecule has 0 bridgehead atoms. The van der Waals surface area contributed by atoms with Crippen LogP contribution < -0.4 is 28.9 Å². The monoisotopic (exact) mass is 314 g/mol. The van der Waals surface area contributed by atoms with E-state index in [1.807, 2.05) is 18.3 Å². The molecule has 114 valence electrons. The fraction of sp³-hybridized carbons (Fsp3) is 0.231. The third kappa shape index (κ3) is 6.48. The van der Waals surface area contributed by atoms with Gasteiger partial charge >= 0.3 is 0 Å². The highest BCUT2D eigenvalue weighted by Gasteiger charge is 2.10. The quantitative estimate of drug-likeness (QED) is 0.587. The first kappa shape index (κ1) is 17.3. The van der Waals surface area contributed by atoms with Crippen molar-refractivity contribution in [3.63, 3.8) is 0 Å². The number of nitrogens with two attached hydrogens (primary N) is 1. The molecule has 0 atom stereocenters. The van der Waals surface area contributed by atoms with Crippen molar-refractivity contribution in [2.24, 2.45) is 5.73 Å². The molecule has 1 aromatic heterocycles. The molecule has 21 heavy (non-hydrogen) atoms. The number of nitrogens with zero attached hydrogens (tertiary/aromatic N) is 1. The number of carbonyl (C=O) groups excluding carboxylic acids is 1. The van der Waals surface area contributed by atoms with Crippen molar-refractivity contribution in [1.29, 1.82) is 0 Å². The summed E-state index contributed by atoms with van der Waals surface area (Å²) in [6.45, 7) is 2.70. The van der Waals surface area contributed by atoms with E-state index < -0.39 is 10.2 Å². The second kappa shape index (κ2) is 7.30. The molecule has 0 aliphatic rings. The number of fused-ring (bicyclic) bond motifs is 1. The molecule has 0 unspecified atom stereocenters. The summed E-state index contributed by atoms with van der Waals surface area (Å²) in [6, 6.07) is 10.3. The number of halogens is 1. The Morgan fingerprint density at radius 3 is 2.33 bits per heavy atom. The highest BCUT2D eigenvalue weighted by Crippen LogP contribution is 2.14. The number of carbonyl (C=O) groups is 1. The summed E-state index contributed by atoms with van der Waals surface area (Å²) in [5.41, 5.74) is 6.32. The van der Waals surface area contributed by atoms with E-state index in [9.17, 15) is 4.79 Å². The van der Waals surface area contributed by atoms with E-state index in [4.69, 9.17) is 24.4 Å². The van der Waals surface area contributed by atoms with Crippen LogP contribution in [0.5, 0.6) is 0 Å². The molecule has 0 saturated carbocycles. The SMILES string of the molecule is Cc1c2ccccc2cc[n+]1CCC(N)=O.[O-][Cl+3]([O-])([O-])[O-]. The normalized spacial score (nSPS) is 10.9. The Labute approximate surface area is 123 Å². The van der Waals surface area contributed by atoms with Gasteiger partial charge in [-0.25, -0.2) is 23.2 Å². The number of hydrogen-bond acceptors (Lipinski definition) is 5. The molecular formula is C13H15ClN2O5. The molecule has 2 aromatic rings. The molecule has 2 N–H and O–H groups in total. The number of aryl methyl sites for hydroxylation is 2. The van der Waals surface area contributed by atoms with Gasteiger partial charge in [0.1, 0.15) is 0 Å². The molecule has 0 aliphatic heterocycles. The first-order valence-electron chi connectivity index (χ1n) is 5.96. The van der Waals surface area contributed by atoms with Crippen LogP contribution in [0, 0.1) is 17.2 Å². The lowest BCUT2D eigenvalue weighted by Crippen LogP contribution is -2.68. The highest BCUT2D eigenvalue weighted by molar-refractivity contribution is 5.83. The topological polar surface area (TPSA) is 139 Å². The summed E-state index contributed by atoms with van der Waals surface area (Å²) in [5.74, 6) is -0.264. The van der Waals surface area contributed by atoms with Gasteiger partial charge in [0.05, 0.1) is 6.42 Å². The highest BCUT2D eigenvalue weighted by atomic mass is 35.7. The minimum atomic E-state index is -4.94. The molecule has 0 aliphatic carbocycles. The Morgan fingerprint density at radius 1 is 1.19 bits per heavy atom. The fourth-order valence-corrected chi connectivity index (χ4v) is 1.88. The number of aromatic nitrogens is 1. The van der Waals surface area contributed by atoms with Gasteiger partial charge < -0.3 is 5.73 Å². The number of amides is 1. The first-order chi connectivity index (χ1) is 9.68. The molecule has 0 spiro atoms. The van der Waals surface area contributed by atoms with Gasteiger partial charge in [-0.05, 0) is 11.5 Å². The lowest BCUT2D eigenvalue weighted by molar-refractivity contribution is -2.00. The van der Waals surface area contributed by atoms with Crippen LogP contribution in [0.1, 0.15) is 12.1 Å². The van der Waals surface area contributed by atoms with Crippen LogP contribution in [0.15, 0.2) is 36.5 Å². The second-order valence-electron chi connectivity index (χ2n) is 4.28. The largest absolute Gasteiger partial charge is 0.369 e. The van der Waals surface area contributed by atoms with Crippen LogP contribution in [0.2, 0.25) is 0 Å². The van der Waals surface area contributed by atoms with Crippen molar-refractivity contribution >= 4 is 16.7 Å². The minimum Gasteiger partial charge on any atom is -0.369 e. The number of rotatable bonds is 3. The molecule has 0 fully saturated rings. The lowest BCUT2D eigenvalue weighted by Gasteiger charge is -2.17. The maximum Gasteiger partial charge on any atom is 0.223 e. The van der Waals surface area contributed by atoms with Gasteiger partial charge in [-0.15, -0.1) is 10.2 Å². The van der Waals surface area contributed by atoms with Crippen molar-refractivity contribution in [1.82, 2.24) is 0 Å². The van der Waals surface area contributed by atoms with Crippen LogP contribution in [0.3, 0.4) is 0 Å². The fourth-order valence-electron chi connectivity index (χ4n) is 1.88. The standard InChI is InChI=1S/C13H14N2O.ClHO4/c1-10-12-5-3-2-4-11(12)6-8-15(10)9-7-13(14)16;2-1(3,4)5/h2-6,8H,7,9H2,1H3,(H-,14,16);(H,2,3,4,5). The number of hydrogen-bond donors (Lipinski definition) is 1. The minimum absolute atomic E-state index is 0.264. The Morgan fingerprint density at radius 2 is 1.76 bits per heavy atom. The van der Waals surface area contributed by atoms with E-state index in [0.29, 0.717) is 13.0 Å². The number of pyridine rings is 1. The van der Waals surface area contributed by atoms with Gasteiger partial charge in [-0.3, -0.25) is 4.79 Å². The van der Waals surface area contributed by atoms with Gasteiger partial charge in [0, 0.05) is 18.4 Å². The van der Waals surface area contributed by atoms with Crippen LogP contribution in [0.4, 0.5) is 0 Å². The van der Waals surface area contributed by atoms with E-state index in [-0.39, 0.29) is 5.91 Å². The lowest BCUT2D eigenvalue weighted by atomic mass is 10.1. The summed E-state index contributed by atoms with van der Waals surface area (Å²) in [4.78, 5) is 10.8. The summed E-state index contributed by atoms with van der Waals surface area (Å²) < 4.78 is 36.0. The molecule has 1 aromatic carbocycles. The first-order valence-corrected chi connectivity index (χ1v) is 7.20. The molecule has 1 amide bonds. The smallest absolute Gasteiger partial charge is 0.223 e.